The number of aryl methyl sites for hydroxylation is 1. The first-order valence-electron chi connectivity index (χ1n) is 4.98. The second-order valence-electron chi connectivity index (χ2n) is 3.61. The monoisotopic (exact) mass is 218 g/mol. The molecule has 16 heavy (non-hydrogen) atoms. The van der Waals surface area contributed by atoms with Crippen LogP contribution in [0.15, 0.2) is 18.2 Å². The molecule has 0 unspecified atom stereocenters. The van der Waals surface area contributed by atoms with E-state index in [2.05, 4.69) is 20.8 Å². The van der Waals surface area contributed by atoms with E-state index in [-0.39, 0.29) is 0 Å². The molecule has 1 aromatic heterocycles. The number of benzene rings is 1. The van der Waals surface area contributed by atoms with E-state index in [0.29, 0.717) is 12.5 Å². The van der Waals surface area contributed by atoms with Crippen LogP contribution in [0.5, 0.6) is 0 Å². The third kappa shape index (κ3) is 1.95. The number of nitrogens with one attached hydrogen (secondary N) is 1. The summed E-state index contributed by atoms with van der Waals surface area (Å²) in [7, 11) is 1.79. The minimum Gasteiger partial charge on any atom is -0.399 e. The van der Waals surface area contributed by atoms with E-state index in [1.54, 1.807) is 11.7 Å². The summed E-state index contributed by atoms with van der Waals surface area (Å²) in [4.78, 5) is 0. The lowest BCUT2D eigenvalue weighted by Gasteiger charge is -2.09. The van der Waals surface area contributed by atoms with Gasteiger partial charge in [0.15, 0.2) is 0 Å². The highest BCUT2D eigenvalue weighted by Crippen LogP contribution is 2.16. The van der Waals surface area contributed by atoms with Gasteiger partial charge in [0.25, 0.3) is 0 Å². The van der Waals surface area contributed by atoms with Gasteiger partial charge in [0.1, 0.15) is 0 Å². The Bertz CT molecular complexity index is 490. The number of anilines is 2. The van der Waals surface area contributed by atoms with Gasteiger partial charge in [0, 0.05) is 19.3 Å². The number of hydrogen-bond donors (Lipinski definition) is 2. The smallest absolute Gasteiger partial charge is 0.242 e. The topological polar surface area (TPSA) is 81.7 Å². The van der Waals surface area contributed by atoms with Crippen LogP contribution in [0.25, 0.3) is 0 Å². The summed E-state index contributed by atoms with van der Waals surface area (Å²) in [5.41, 5.74) is 8.86. The van der Waals surface area contributed by atoms with Gasteiger partial charge in [0.05, 0.1) is 0 Å². The fourth-order valence-electron chi connectivity index (χ4n) is 1.45. The van der Waals surface area contributed by atoms with Crippen molar-refractivity contribution in [2.24, 2.45) is 7.05 Å². The average Bonchev–Trinajstić information content (AvgIpc) is 2.67. The first kappa shape index (κ1) is 10.4. The highest BCUT2D eigenvalue weighted by atomic mass is 15.6. The SMILES string of the molecule is Cc1c(N)cccc1CNc1nnnn1C. The van der Waals surface area contributed by atoms with Crippen LogP contribution in [-0.4, -0.2) is 20.2 Å². The van der Waals surface area contributed by atoms with E-state index < -0.39 is 0 Å². The second kappa shape index (κ2) is 4.18. The zero-order valence-corrected chi connectivity index (χ0v) is 9.31. The molecule has 6 nitrogen and oxygen atoms in total. The summed E-state index contributed by atoms with van der Waals surface area (Å²) < 4.78 is 1.58. The average molecular weight is 218 g/mol. The van der Waals surface area contributed by atoms with Gasteiger partial charge in [-0.15, -0.1) is 0 Å². The molecule has 0 saturated heterocycles. The van der Waals surface area contributed by atoms with Crippen molar-refractivity contribution in [1.29, 1.82) is 0 Å². The standard InChI is InChI=1S/C10H14N6/c1-7-8(4-3-5-9(7)11)6-12-10-13-14-15-16(10)2/h3-5H,6,11H2,1-2H3,(H,12,13,15). The predicted octanol–water partition coefficient (Wildman–Crippen LogP) is 0.713. The maximum Gasteiger partial charge on any atom is 0.242 e. The van der Waals surface area contributed by atoms with E-state index in [1.807, 2.05) is 25.1 Å². The quantitative estimate of drug-likeness (QED) is 0.741. The van der Waals surface area contributed by atoms with E-state index >= 15 is 0 Å². The molecule has 84 valence electrons. The highest BCUT2D eigenvalue weighted by molar-refractivity contribution is 5.50. The van der Waals surface area contributed by atoms with Crippen LogP contribution in [0.1, 0.15) is 11.1 Å². The number of hydrogen-bond acceptors (Lipinski definition) is 5. The van der Waals surface area contributed by atoms with Gasteiger partial charge in [0.2, 0.25) is 5.95 Å². The summed E-state index contributed by atoms with van der Waals surface area (Å²) in [6, 6.07) is 5.86. The van der Waals surface area contributed by atoms with Crippen LogP contribution in [0.4, 0.5) is 11.6 Å². The number of aromatic nitrogens is 4. The van der Waals surface area contributed by atoms with Crippen LogP contribution in [-0.2, 0) is 13.6 Å². The number of tetrazole rings is 1. The zero-order valence-electron chi connectivity index (χ0n) is 9.31. The number of nitrogens with two attached hydrogens (primary N) is 1. The minimum absolute atomic E-state index is 0.641. The minimum atomic E-state index is 0.641. The van der Waals surface area contributed by atoms with Gasteiger partial charge >= 0.3 is 0 Å². The molecule has 2 aromatic rings. The first-order chi connectivity index (χ1) is 7.68. The molecule has 3 N–H and O–H groups in total. The van der Waals surface area contributed by atoms with Crippen LogP contribution in [0, 0.1) is 6.92 Å². The van der Waals surface area contributed by atoms with Crippen molar-refractivity contribution in [3.8, 4) is 0 Å². The molecule has 0 amide bonds. The van der Waals surface area contributed by atoms with Crippen molar-refractivity contribution < 1.29 is 0 Å². The van der Waals surface area contributed by atoms with Gasteiger partial charge in [-0.3, -0.25) is 0 Å². The van der Waals surface area contributed by atoms with Crippen molar-refractivity contribution in [2.75, 3.05) is 11.1 Å². The Balaban J connectivity index is 2.11. The summed E-state index contributed by atoms with van der Waals surface area (Å²) in [6.07, 6.45) is 0. The van der Waals surface area contributed by atoms with Gasteiger partial charge in [-0.1, -0.05) is 17.2 Å². The third-order valence-corrected chi connectivity index (χ3v) is 2.54. The molecule has 6 heteroatoms. The van der Waals surface area contributed by atoms with Crippen LogP contribution >= 0.6 is 0 Å². The molecule has 0 radical (unpaired) electrons. The first-order valence-corrected chi connectivity index (χ1v) is 4.98. The molecule has 0 atom stereocenters. The highest BCUT2D eigenvalue weighted by Gasteiger charge is 2.04. The number of rotatable bonds is 3. The van der Waals surface area contributed by atoms with E-state index in [1.165, 1.54) is 0 Å². The summed E-state index contributed by atoms with van der Waals surface area (Å²) in [5.74, 6) is 0.641. The van der Waals surface area contributed by atoms with Crippen molar-refractivity contribution in [3.63, 3.8) is 0 Å². The van der Waals surface area contributed by atoms with Gasteiger partial charge in [-0.05, 0) is 34.5 Å². The fourth-order valence-corrected chi connectivity index (χ4v) is 1.45. The van der Waals surface area contributed by atoms with Crippen molar-refractivity contribution in [2.45, 2.75) is 13.5 Å². The molecule has 0 bridgehead atoms. The molecule has 2 rings (SSSR count). The van der Waals surface area contributed by atoms with Crippen molar-refractivity contribution in [3.05, 3.63) is 29.3 Å². The molecule has 1 heterocycles. The molecule has 0 aliphatic carbocycles. The normalized spacial score (nSPS) is 10.4. The Hall–Kier alpha value is -2.11. The lowest BCUT2D eigenvalue weighted by atomic mass is 10.1. The van der Waals surface area contributed by atoms with Gasteiger partial charge < -0.3 is 11.1 Å². The van der Waals surface area contributed by atoms with Crippen LogP contribution in [0.3, 0.4) is 0 Å². The molecular formula is C10H14N6. The largest absolute Gasteiger partial charge is 0.399 e. The maximum absolute atomic E-state index is 5.83. The molecule has 1 aromatic carbocycles. The van der Waals surface area contributed by atoms with Crippen molar-refractivity contribution >= 4 is 11.6 Å². The molecule has 0 spiro atoms. The summed E-state index contributed by atoms with van der Waals surface area (Å²) >= 11 is 0. The van der Waals surface area contributed by atoms with E-state index in [9.17, 15) is 0 Å². The Labute approximate surface area is 93.5 Å². The van der Waals surface area contributed by atoms with Crippen molar-refractivity contribution in [1.82, 2.24) is 20.2 Å². The summed E-state index contributed by atoms with van der Waals surface area (Å²) in [5, 5.41) is 14.3. The van der Waals surface area contributed by atoms with E-state index in [4.69, 9.17) is 5.73 Å². The molecule has 0 fully saturated rings. The summed E-state index contributed by atoms with van der Waals surface area (Å²) in [6.45, 7) is 2.66. The second-order valence-corrected chi connectivity index (χ2v) is 3.61. The Kier molecular flexibility index (Phi) is 2.72. The number of nitrogen functional groups attached to an aromatic ring is 1. The Morgan fingerprint density at radius 2 is 2.25 bits per heavy atom. The van der Waals surface area contributed by atoms with E-state index in [0.717, 1.165) is 16.8 Å². The molecule has 0 aliphatic rings. The predicted molar refractivity (Wildman–Crippen MR) is 61.7 cm³/mol. The molecular weight excluding hydrogens is 204 g/mol. The van der Waals surface area contributed by atoms with Crippen LogP contribution in [0.2, 0.25) is 0 Å². The Morgan fingerprint density at radius 3 is 2.94 bits per heavy atom. The lowest BCUT2D eigenvalue weighted by Crippen LogP contribution is -2.07. The third-order valence-electron chi connectivity index (χ3n) is 2.54. The lowest BCUT2D eigenvalue weighted by molar-refractivity contribution is 0.712. The maximum atomic E-state index is 5.83. The number of nitrogens with zero attached hydrogens (tertiary/aromatic N) is 4. The Morgan fingerprint density at radius 1 is 1.44 bits per heavy atom. The van der Waals surface area contributed by atoms with Gasteiger partial charge in [-0.25, -0.2) is 4.68 Å². The van der Waals surface area contributed by atoms with Crippen LogP contribution < -0.4 is 11.1 Å². The molecule has 0 saturated carbocycles. The zero-order chi connectivity index (χ0) is 11.5. The van der Waals surface area contributed by atoms with Gasteiger partial charge in [-0.2, -0.15) is 0 Å². The fraction of sp³-hybridized carbons (Fsp3) is 0.300. The molecule has 0 aliphatic heterocycles.